The quantitative estimate of drug-likeness (QED) is 0.120. The summed E-state index contributed by atoms with van der Waals surface area (Å²) in [7, 11) is 0. The first-order valence-electron chi connectivity index (χ1n) is 20.1. The molecule has 2 heterocycles. The second-order valence-corrected chi connectivity index (χ2v) is 18.7. The van der Waals surface area contributed by atoms with E-state index in [1.165, 1.54) is 101 Å². The highest BCUT2D eigenvalue weighted by Crippen LogP contribution is 2.51. The van der Waals surface area contributed by atoms with Gasteiger partial charge in [-0.25, -0.2) is 0 Å². The van der Waals surface area contributed by atoms with Gasteiger partial charge in [0, 0.05) is 47.2 Å². The van der Waals surface area contributed by atoms with Gasteiger partial charge < -0.3 is 4.90 Å². The van der Waals surface area contributed by atoms with Crippen LogP contribution in [0.1, 0.15) is 31.9 Å². The molecule has 278 valence electrons. The van der Waals surface area contributed by atoms with Crippen LogP contribution in [0.5, 0.6) is 0 Å². The van der Waals surface area contributed by atoms with Gasteiger partial charge in [-0.3, -0.25) is 0 Å². The molecule has 0 unspecified atom stereocenters. The summed E-state index contributed by atoms with van der Waals surface area (Å²) in [6.07, 6.45) is 0. The van der Waals surface area contributed by atoms with E-state index in [0.29, 0.717) is 0 Å². The molecule has 11 aromatic rings. The molecular formula is C55H41NS2. The van der Waals surface area contributed by atoms with Crippen molar-refractivity contribution in [3.8, 4) is 30.6 Å². The van der Waals surface area contributed by atoms with Crippen LogP contribution in [0, 0.1) is 6.92 Å². The molecule has 1 nitrogen and oxygen atoms in total. The summed E-state index contributed by atoms with van der Waals surface area (Å²) in [5, 5.41) is 12.9. The van der Waals surface area contributed by atoms with Gasteiger partial charge in [-0.1, -0.05) is 154 Å². The van der Waals surface area contributed by atoms with Crippen molar-refractivity contribution in [2.45, 2.75) is 33.1 Å². The average Bonchev–Trinajstić information content (AvgIpc) is 3.94. The molecule has 9 aromatic carbocycles. The average molecular weight is 780 g/mol. The van der Waals surface area contributed by atoms with E-state index in [-0.39, 0.29) is 5.41 Å². The molecule has 0 saturated carbocycles. The molecule has 58 heavy (non-hydrogen) atoms. The Morgan fingerprint density at radius 3 is 1.52 bits per heavy atom. The van der Waals surface area contributed by atoms with E-state index in [4.69, 9.17) is 0 Å². The number of anilines is 3. The molecule has 0 atom stereocenters. The van der Waals surface area contributed by atoms with Gasteiger partial charge in [-0.15, -0.1) is 22.7 Å². The third-order valence-corrected chi connectivity index (χ3v) is 14.3. The number of hydrogen-bond donors (Lipinski definition) is 0. The lowest BCUT2D eigenvalue weighted by molar-refractivity contribution is 0.590. The molecular weight excluding hydrogens is 739 g/mol. The minimum atomic E-state index is 0.0715. The Balaban J connectivity index is 1.05. The third kappa shape index (κ3) is 5.64. The number of thiophene rings is 2. The highest BCUT2D eigenvalue weighted by atomic mass is 32.1. The van der Waals surface area contributed by atoms with Crippen LogP contribution in [0.25, 0.3) is 84.5 Å². The lowest BCUT2D eigenvalue weighted by Crippen LogP contribution is -2.14. The summed E-state index contributed by atoms with van der Waals surface area (Å²) in [4.78, 5) is 7.64. The van der Waals surface area contributed by atoms with Gasteiger partial charge in [0.25, 0.3) is 0 Å². The van der Waals surface area contributed by atoms with Crippen LogP contribution in [0.3, 0.4) is 0 Å². The van der Waals surface area contributed by atoms with Crippen molar-refractivity contribution in [2.24, 2.45) is 0 Å². The van der Waals surface area contributed by atoms with Crippen molar-refractivity contribution in [1.82, 2.24) is 0 Å². The van der Waals surface area contributed by atoms with Crippen molar-refractivity contribution >= 4 is 93.6 Å². The summed E-state index contributed by atoms with van der Waals surface area (Å²) >= 11 is 3.79. The Labute approximate surface area is 347 Å². The number of aryl methyl sites for hydroxylation is 1. The van der Waals surface area contributed by atoms with Gasteiger partial charge in [-0.2, -0.15) is 0 Å². The summed E-state index contributed by atoms with van der Waals surface area (Å²) in [5.41, 5.74) is 8.74. The van der Waals surface area contributed by atoms with E-state index >= 15 is 0 Å². The fourth-order valence-corrected chi connectivity index (χ4v) is 11.2. The molecule has 0 aliphatic heterocycles. The van der Waals surface area contributed by atoms with E-state index in [0.717, 1.165) is 11.4 Å². The van der Waals surface area contributed by atoms with Gasteiger partial charge in [0.15, 0.2) is 0 Å². The first-order chi connectivity index (χ1) is 28.3. The van der Waals surface area contributed by atoms with Crippen LogP contribution in [-0.2, 0) is 5.41 Å². The molecule has 0 bridgehead atoms. The van der Waals surface area contributed by atoms with Gasteiger partial charge in [0.05, 0.1) is 5.69 Å². The minimum absolute atomic E-state index is 0.0715. The molecule has 0 amide bonds. The lowest BCUT2D eigenvalue weighted by Gasteiger charge is -2.30. The Morgan fingerprint density at radius 1 is 0.397 bits per heavy atom. The SMILES string of the molecule is Cc1ccc(N(c2ccc(C(C)(C)C)cc2)c2c3ccccc3c(-c3ccc(-c4ccc(-c5ccc6ccc7cccc8ccc5c6c78)s4)s3)c3ccccc23)cc1. The van der Waals surface area contributed by atoms with Crippen LogP contribution in [0.2, 0.25) is 0 Å². The number of benzene rings is 9. The van der Waals surface area contributed by atoms with Gasteiger partial charge in [0.1, 0.15) is 0 Å². The van der Waals surface area contributed by atoms with Crippen LogP contribution in [0.4, 0.5) is 17.1 Å². The van der Waals surface area contributed by atoms with Crippen LogP contribution >= 0.6 is 22.7 Å². The van der Waals surface area contributed by atoms with Gasteiger partial charge in [0.2, 0.25) is 0 Å². The number of nitrogens with zero attached hydrogens (tertiary/aromatic N) is 1. The standard InChI is InChI=1S/C55H41NS2/c1-34-16-24-39(25-17-34)56(40-26-22-38(23-27-40)55(2,3)4)54-45-14-7-5-12-42(45)53(43-13-6-8-15-46(43)54)50-33-32-49(58-50)48-31-30-47(57-48)41-28-20-37-19-18-35-10-9-11-36-21-29-44(41)52(37)51(35)36/h5-33H,1-4H3. The van der Waals surface area contributed by atoms with Gasteiger partial charge in [-0.05, 0) is 115 Å². The molecule has 2 aromatic heterocycles. The fraction of sp³-hybridized carbons (Fsp3) is 0.0909. The molecule has 11 rings (SSSR count). The van der Waals surface area contributed by atoms with Crippen molar-refractivity contribution < 1.29 is 0 Å². The Morgan fingerprint density at radius 2 is 0.897 bits per heavy atom. The maximum Gasteiger partial charge on any atom is 0.0618 e. The monoisotopic (exact) mass is 779 g/mol. The Kier molecular flexibility index (Phi) is 8.08. The predicted octanol–water partition coefficient (Wildman–Crippen LogP) is 17.1. The first-order valence-corrected chi connectivity index (χ1v) is 21.7. The zero-order valence-electron chi connectivity index (χ0n) is 33.0. The largest absolute Gasteiger partial charge is 0.309 e. The number of hydrogen-bond acceptors (Lipinski definition) is 3. The van der Waals surface area contributed by atoms with Crippen molar-refractivity contribution in [3.05, 3.63) is 187 Å². The lowest BCUT2D eigenvalue weighted by atomic mass is 9.87. The molecule has 0 aliphatic rings. The van der Waals surface area contributed by atoms with Gasteiger partial charge >= 0.3 is 0 Å². The topological polar surface area (TPSA) is 3.24 Å². The molecule has 0 radical (unpaired) electrons. The normalized spacial score (nSPS) is 12.1. The highest BCUT2D eigenvalue weighted by molar-refractivity contribution is 7.25. The predicted molar refractivity (Wildman–Crippen MR) is 255 cm³/mol. The van der Waals surface area contributed by atoms with Crippen LogP contribution < -0.4 is 4.90 Å². The molecule has 0 N–H and O–H groups in total. The van der Waals surface area contributed by atoms with Crippen molar-refractivity contribution in [2.75, 3.05) is 4.90 Å². The van der Waals surface area contributed by atoms with E-state index in [9.17, 15) is 0 Å². The summed E-state index contributed by atoms with van der Waals surface area (Å²) < 4.78 is 0. The summed E-state index contributed by atoms with van der Waals surface area (Å²) in [5.74, 6) is 0. The Hall–Kier alpha value is -6.26. The molecule has 0 aliphatic carbocycles. The summed E-state index contributed by atoms with van der Waals surface area (Å²) in [6.45, 7) is 8.99. The van der Waals surface area contributed by atoms with E-state index in [1.807, 2.05) is 22.7 Å². The first kappa shape index (κ1) is 34.9. The molecule has 0 saturated heterocycles. The molecule has 3 heteroatoms. The maximum atomic E-state index is 2.46. The highest BCUT2D eigenvalue weighted by Gasteiger charge is 2.24. The van der Waals surface area contributed by atoms with E-state index in [2.05, 4.69) is 209 Å². The third-order valence-electron chi connectivity index (χ3n) is 11.9. The van der Waals surface area contributed by atoms with Crippen LogP contribution in [0.15, 0.2) is 176 Å². The molecule has 0 spiro atoms. The smallest absolute Gasteiger partial charge is 0.0618 e. The maximum absolute atomic E-state index is 2.46. The van der Waals surface area contributed by atoms with Crippen molar-refractivity contribution in [3.63, 3.8) is 0 Å². The number of rotatable bonds is 6. The van der Waals surface area contributed by atoms with E-state index < -0.39 is 0 Å². The zero-order chi connectivity index (χ0) is 39.1. The second kappa shape index (κ2) is 13.4. The fourth-order valence-electron chi connectivity index (χ4n) is 8.99. The summed E-state index contributed by atoms with van der Waals surface area (Å²) in [6, 6.07) is 65.8. The minimum Gasteiger partial charge on any atom is -0.309 e. The zero-order valence-corrected chi connectivity index (χ0v) is 34.6. The second-order valence-electron chi connectivity index (χ2n) is 16.6. The van der Waals surface area contributed by atoms with Crippen LogP contribution in [-0.4, -0.2) is 0 Å². The van der Waals surface area contributed by atoms with Crippen molar-refractivity contribution in [1.29, 1.82) is 0 Å². The molecule has 0 fully saturated rings. The number of fused-ring (bicyclic) bond motifs is 2. The Bertz CT molecular complexity index is 3250. The van der Waals surface area contributed by atoms with E-state index in [1.54, 1.807) is 0 Å².